The maximum Gasteiger partial charge on any atom is 0.328 e. The third-order valence-electron chi connectivity index (χ3n) is 4.68. The van der Waals surface area contributed by atoms with Crippen LogP contribution in [0.15, 0.2) is 12.2 Å². The Morgan fingerprint density at radius 3 is 1.89 bits per heavy atom. The second-order valence-corrected chi connectivity index (χ2v) is 7.38. The number of rotatable bonds is 18. The van der Waals surface area contributed by atoms with Gasteiger partial charge >= 0.3 is 5.97 Å². The average molecular weight is 382 g/mol. The molecule has 0 saturated heterocycles. The number of ether oxygens (including phenoxy) is 1. The van der Waals surface area contributed by atoms with Crippen molar-refractivity contribution < 1.29 is 14.3 Å². The van der Waals surface area contributed by atoms with E-state index in [4.69, 9.17) is 4.74 Å². The van der Waals surface area contributed by atoms with Crippen LogP contribution in [0.1, 0.15) is 111 Å². The second-order valence-electron chi connectivity index (χ2n) is 7.38. The van der Waals surface area contributed by atoms with Crippen LogP contribution in [0.5, 0.6) is 0 Å². The predicted molar refractivity (Wildman–Crippen MR) is 114 cm³/mol. The minimum Gasteiger partial charge on any atom is -0.464 e. The number of carbonyl (C=O) groups is 2. The fraction of sp³-hybridized carbons (Fsp3) is 0.826. The molecule has 4 heteroatoms. The summed E-state index contributed by atoms with van der Waals surface area (Å²) < 4.78 is 4.88. The summed E-state index contributed by atoms with van der Waals surface area (Å²) in [7, 11) is 0. The zero-order chi connectivity index (χ0) is 20.2. The van der Waals surface area contributed by atoms with Gasteiger partial charge in [0.05, 0.1) is 6.61 Å². The first-order valence-electron chi connectivity index (χ1n) is 11.2. The Morgan fingerprint density at radius 1 is 0.815 bits per heavy atom. The fourth-order valence-electron chi connectivity index (χ4n) is 3.00. The first kappa shape index (κ1) is 25.7. The van der Waals surface area contributed by atoms with E-state index in [1.165, 1.54) is 70.6 Å². The molecule has 0 aromatic carbocycles. The van der Waals surface area contributed by atoms with Gasteiger partial charge in [0.15, 0.2) is 0 Å². The number of nitrogens with one attached hydrogen (secondary N) is 1. The highest BCUT2D eigenvalue weighted by atomic mass is 16.5. The van der Waals surface area contributed by atoms with Crippen molar-refractivity contribution in [3.63, 3.8) is 0 Å². The van der Waals surface area contributed by atoms with Crippen molar-refractivity contribution in [3.8, 4) is 0 Å². The third-order valence-corrected chi connectivity index (χ3v) is 4.68. The van der Waals surface area contributed by atoms with E-state index in [0.29, 0.717) is 13.0 Å². The molecule has 0 heterocycles. The van der Waals surface area contributed by atoms with E-state index in [0.717, 1.165) is 12.8 Å². The maximum absolute atomic E-state index is 11.8. The van der Waals surface area contributed by atoms with Crippen molar-refractivity contribution in [1.82, 2.24) is 5.32 Å². The van der Waals surface area contributed by atoms with E-state index < -0.39 is 6.04 Å². The highest BCUT2D eigenvalue weighted by Gasteiger charge is 2.15. The Bertz CT molecular complexity index is 393. The van der Waals surface area contributed by atoms with Crippen LogP contribution in [0.25, 0.3) is 0 Å². The number of amides is 1. The zero-order valence-electron chi connectivity index (χ0n) is 18.1. The number of unbranched alkanes of at least 4 members (excludes halogenated alkanes) is 11. The molecule has 0 aromatic rings. The molecule has 0 unspecified atom stereocenters. The van der Waals surface area contributed by atoms with Gasteiger partial charge in [-0.15, -0.1) is 0 Å². The number of hydrogen-bond acceptors (Lipinski definition) is 3. The van der Waals surface area contributed by atoms with Crippen LogP contribution in [0.4, 0.5) is 0 Å². The Hall–Kier alpha value is -1.32. The fourth-order valence-corrected chi connectivity index (χ4v) is 3.00. The van der Waals surface area contributed by atoms with E-state index in [1.807, 2.05) is 0 Å². The normalized spacial score (nSPS) is 12.3. The molecule has 1 atom stereocenters. The first-order chi connectivity index (χ1) is 13.1. The first-order valence-corrected chi connectivity index (χ1v) is 11.2. The standard InChI is InChI=1S/C23H43NO3/c1-4-6-7-8-9-10-11-12-13-14-15-16-17-18-19-20-22(25)24-21(3)23(26)27-5-2/h12-13,21H,4-11,14-20H2,1-3H3,(H,24,25)/b13-12-/t21-/m0/s1. The van der Waals surface area contributed by atoms with Crippen molar-refractivity contribution in [2.24, 2.45) is 0 Å². The smallest absolute Gasteiger partial charge is 0.328 e. The molecule has 158 valence electrons. The molecule has 0 saturated carbocycles. The van der Waals surface area contributed by atoms with Crippen molar-refractivity contribution in [1.29, 1.82) is 0 Å². The summed E-state index contributed by atoms with van der Waals surface area (Å²) in [5.41, 5.74) is 0. The van der Waals surface area contributed by atoms with Gasteiger partial charge in [-0.3, -0.25) is 4.79 Å². The average Bonchev–Trinajstić information content (AvgIpc) is 2.65. The molecule has 0 aliphatic carbocycles. The summed E-state index contributed by atoms with van der Waals surface area (Å²) in [5.74, 6) is -0.427. The van der Waals surface area contributed by atoms with Gasteiger partial charge in [0, 0.05) is 6.42 Å². The quantitative estimate of drug-likeness (QED) is 0.177. The molecular weight excluding hydrogens is 338 g/mol. The zero-order valence-corrected chi connectivity index (χ0v) is 18.1. The summed E-state index contributed by atoms with van der Waals surface area (Å²) in [6.07, 6.45) is 21.3. The molecule has 0 rings (SSSR count). The Morgan fingerprint density at radius 2 is 1.33 bits per heavy atom. The van der Waals surface area contributed by atoms with Crippen LogP contribution >= 0.6 is 0 Å². The monoisotopic (exact) mass is 381 g/mol. The van der Waals surface area contributed by atoms with Gasteiger partial charge in [0.2, 0.25) is 5.91 Å². The summed E-state index contributed by atoms with van der Waals surface area (Å²) in [6, 6.07) is -0.555. The molecule has 0 bridgehead atoms. The Kier molecular flexibility index (Phi) is 18.5. The van der Waals surface area contributed by atoms with Gasteiger partial charge in [-0.25, -0.2) is 4.79 Å². The van der Waals surface area contributed by atoms with Crippen LogP contribution < -0.4 is 5.32 Å². The number of carbonyl (C=O) groups excluding carboxylic acids is 2. The largest absolute Gasteiger partial charge is 0.464 e. The van der Waals surface area contributed by atoms with Crippen LogP contribution in [0, 0.1) is 0 Å². The SMILES string of the molecule is CCCCCCCC/C=C\CCCCCCCC(=O)N[C@@H](C)C(=O)OCC. The minimum absolute atomic E-state index is 0.0619. The van der Waals surface area contributed by atoms with Gasteiger partial charge in [0.1, 0.15) is 6.04 Å². The molecule has 1 N–H and O–H groups in total. The van der Waals surface area contributed by atoms with Crippen LogP contribution in [0.3, 0.4) is 0 Å². The van der Waals surface area contributed by atoms with Crippen LogP contribution in [-0.2, 0) is 14.3 Å². The highest BCUT2D eigenvalue weighted by molar-refractivity contribution is 5.84. The summed E-state index contributed by atoms with van der Waals surface area (Å²) in [6.45, 7) is 6.02. The van der Waals surface area contributed by atoms with Gasteiger partial charge in [-0.05, 0) is 46.0 Å². The lowest BCUT2D eigenvalue weighted by atomic mass is 10.1. The Balaban J connectivity index is 3.38. The topological polar surface area (TPSA) is 55.4 Å². The van der Waals surface area contributed by atoms with E-state index in [2.05, 4.69) is 24.4 Å². The van der Waals surface area contributed by atoms with Crippen molar-refractivity contribution in [3.05, 3.63) is 12.2 Å². The molecule has 0 aliphatic rings. The summed E-state index contributed by atoms with van der Waals surface area (Å²) in [5, 5.41) is 2.69. The van der Waals surface area contributed by atoms with E-state index in [9.17, 15) is 9.59 Å². The molecule has 4 nitrogen and oxygen atoms in total. The second kappa shape index (κ2) is 19.4. The Labute approximate surface area is 167 Å². The van der Waals surface area contributed by atoms with Crippen molar-refractivity contribution in [2.75, 3.05) is 6.61 Å². The number of allylic oxidation sites excluding steroid dienone is 2. The molecular formula is C23H43NO3. The van der Waals surface area contributed by atoms with Gasteiger partial charge in [-0.1, -0.05) is 70.4 Å². The van der Waals surface area contributed by atoms with Crippen LogP contribution in [0.2, 0.25) is 0 Å². The summed E-state index contributed by atoms with van der Waals surface area (Å²) >= 11 is 0. The number of esters is 1. The van der Waals surface area contributed by atoms with E-state index >= 15 is 0 Å². The molecule has 0 aliphatic heterocycles. The lowest BCUT2D eigenvalue weighted by molar-refractivity contribution is -0.146. The van der Waals surface area contributed by atoms with E-state index in [-0.39, 0.29) is 11.9 Å². The van der Waals surface area contributed by atoms with Gasteiger partial charge < -0.3 is 10.1 Å². The van der Waals surface area contributed by atoms with Gasteiger partial charge in [-0.2, -0.15) is 0 Å². The lowest BCUT2D eigenvalue weighted by Crippen LogP contribution is -2.39. The molecule has 27 heavy (non-hydrogen) atoms. The molecule has 0 spiro atoms. The van der Waals surface area contributed by atoms with Crippen LogP contribution in [-0.4, -0.2) is 24.5 Å². The molecule has 1 amide bonds. The third kappa shape index (κ3) is 17.8. The summed E-state index contributed by atoms with van der Waals surface area (Å²) in [4.78, 5) is 23.2. The van der Waals surface area contributed by atoms with E-state index in [1.54, 1.807) is 13.8 Å². The maximum atomic E-state index is 11.8. The molecule has 0 fully saturated rings. The number of hydrogen-bond donors (Lipinski definition) is 1. The van der Waals surface area contributed by atoms with Crippen molar-refractivity contribution in [2.45, 2.75) is 117 Å². The van der Waals surface area contributed by atoms with Crippen molar-refractivity contribution >= 4 is 11.9 Å². The lowest BCUT2D eigenvalue weighted by Gasteiger charge is -2.12. The predicted octanol–water partition coefficient (Wildman–Crippen LogP) is 6.09. The minimum atomic E-state index is -0.555. The molecule has 0 radical (unpaired) electrons. The highest BCUT2D eigenvalue weighted by Crippen LogP contribution is 2.10. The van der Waals surface area contributed by atoms with Gasteiger partial charge in [0.25, 0.3) is 0 Å². The molecule has 0 aromatic heterocycles.